The van der Waals surface area contributed by atoms with Crippen molar-refractivity contribution in [2.45, 2.75) is 18.9 Å². The van der Waals surface area contributed by atoms with E-state index in [0.29, 0.717) is 6.54 Å². The van der Waals surface area contributed by atoms with E-state index in [9.17, 15) is 4.79 Å². The molecule has 1 aliphatic rings. The van der Waals surface area contributed by atoms with Gasteiger partial charge in [0, 0.05) is 33.9 Å². The fourth-order valence-electron chi connectivity index (χ4n) is 2.96. The summed E-state index contributed by atoms with van der Waals surface area (Å²) in [6.45, 7) is 1.52. The van der Waals surface area contributed by atoms with Crippen molar-refractivity contribution in [1.29, 1.82) is 0 Å². The van der Waals surface area contributed by atoms with Crippen LogP contribution in [-0.4, -0.2) is 29.9 Å². The van der Waals surface area contributed by atoms with Gasteiger partial charge >= 0.3 is 0 Å². The van der Waals surface area contributed by atoms with Gasteiger partial charge < -0.3 is 10.6 Å². The number of likely N-dealkylation sites (tertiary alicyclic amines) is 1. The summed E-state index contributed by atoms with van der Waals surface area (Å²) in [5, 5.41) is 1.26. The summed E-state index contributed by atoms with van der Waals surface area (Å²) in [5.74, 6) is 0.141. The third-order valence-electron chi connectivity index (χ3n) is 4.01. The minimum absolute atomic E-state index is 0.129. The van der Waals surface area contributed by atoms with E-state index in [1.807, 2.05) is 11.0 Å². The van der Waals surface area contributed by atoms with Gasteiger partial charge in [0.2, 0.25) is 0 Å². The topological polar surface area (TPSA) is 46.3 Å². The number of fused-ring (bicyclic) bond motifs is 3. The van der Waals surface area contributed by atoms with Crippen LogP contribution < -0.4 is 5.73 Å². The predicted octanol–water partition coefficient (Wildman–Crippen LogP) is 3.68. The molecule has 0 spiro atoms. The number of hydrogen-bond acceptors (Lipinski definition) is 4. The Morgan fingerprint density at radius 2 is 2.10 bits per heavy atom. The molecule has 0 bridgehead atoms. The first-order valence-electron chi connectivity index (χ1n) is 7.18. The number of nitrogens with zero attached hydrogens (tertiary/aromatic N) is 1. The van der Waals surface area contributed by atoms with Gasteiger partial charge in [-0.05, 0) is 25.0 Å². The van der Waals surface area contributed by atoms with E-state index in [1.54, 1.807) is 22.7 Å². The van der Waals surface area contributed by atoms with Crippen molar-refractivity contribution in [3.05, 3.63) is 35.2 Å². The van der Waals surface area contributed by atoms with Crippen LogP contribution in [0.3, 0.4) is 0 Å². The Morgan fingerprint density at radius 3 is 2.95 bits per heavy atom. The quantitative estimate of drug-likeness (QED) is 0.744. The van der Waals surface area contributed by atoms with Gasteiger partial charge in [-0.25, -0.2) is 0 Å². The van der Waals surface area contributed by atoms with Gasteiger partial charge in [0.1, 0.15) is 0 Å². The number of nitrogens with two attached hydrogens (primary N) is 1. The smallest absolute Gasteiger partial charge is 0.264 e. The van der Waals surface area contributed by atoms with E-state index < -0.39 is 0 Å². The third kappa shape index (κ3) is 2.25. The van der Waals surface area contributed by atoms with Gasteiger partial charge in [0.05, 0.1) is 9.58 Å². The van der Waals surface area contributed by atoms with Crippen molar-refractivity contribution < 1.29 is 4.79 Å². The number of benzene rings is 1. The van der Waals surface area contributed by atoms with Gasteiger partial charge in [-0.3, -0.25) is 4.79 Å². The molecule has 2 aromatic heterocycles. The average Bonchev–Trinajstić information content (AvgIpc) is 3.04. The maximum Gasteiger partial charge on any atom is 0.264 e. The molecule has 1 aliphatic heterocycles. The summed E-state index contributed by atoms with van der Waals surface area (Å²) >= 11 is 3.38. The minimum Gasteiger partial charge on any atom is -0.336 e. The van der Waals surface area contributed by atoms with E-state index in [0.717, 1.165) is 24.3 Å². The number of rotatable bonds is 1. The Kier molecular flexibility index (Phi) is 3.21. The van der Waals surface area contributed by atoms with Gasteiger partial charge in [-0.1, -0.05) is 18.2 Å². The maximum atomic E-state index is 12.6. The second kappa shape index (κ2) is 5.09. The van der Waals surface area contributed by atoms with Crippen LogP contribution in [0.4, 0.5) is 0 Å². The molecule has 3 heterocycles. The van der Waals surface area contributed by atoms with E-state index in [2.05, 4.69) is 24.3 Å². The molecule has 5 heteroatoms. The Hall–Kier alpha value is -1.43. The van der Waals surface area contributed by atoms with Crippen molar-refractivity contribution in [1.82, 2.24) is 4.90 Å². The van der Waals surface area contributed by atoms with Crippen LogP contribution >= 0.6 is 22.7 Å². The molecule has 2 N–H and O–H groups in total. The Morgan fingerprint density at radius 1 is 1.24 bits per heavy atom. The lowest BCUT2D eigenvalue weighted by Crippen LogP contribution is -2.45. The molecule has 0 saturated carbocycles. The second-order valence-corrected chi connectivity index (χ2v) is 7.69. The van der Waals surface area contributed by atoms with Crippen molar-refractivity contribution in [2.24, 2.45) is 5.73 Å². The SMILES string of the molecule is NC1CCCN(C(=O)c2cc3sc4ccccc4c3s2)C1. The monoisotopic (exact) mass is 316 g/mol. The largest absolute Gasteiger partial charge is 0.336 e. The summed E-state index contributed by atoms with van der Waals surface area (Å²) in [7, 11) is 0. The predicted molar refractivity (Wildman–Crippen MR) is 90.3 cm³/mol. The van der Waals surface area contributed by atoms with Crippen LogP contribution in [0.2, 0.25) is 0 Å². The molecule has 21 heavy (non-hydrogen) atoms. The second-order valence-electron chi connectivity index (χ2n) is 5.56. The van der Waals surface area contributed by atoms with Crippen LogP contribution in [0.5, 0.6) is 0 Å². The zero-order valence-electron chi connectivity index (χ0n) is 11.5. The van der Waals surface area contributed by atoms with E-state index in [4.69, 9.17) is 5.73 Å². The Balaban J connectivity index is 1.71. The molecule has 1 unspecified atom stereocenters. The van der Waals surface area contributed by atoms with Crippen LogP contribution in [0.25, 0.3) is 19.5 Å². The highest BCUT2D eigenvalue weighted by Gasteiger charge is 2.24. The van der Waals surface area contributed by atoms with E-state index in [-0.39, 0.29) is 11.9 Å². The minimum atomic E-state index is 0.129. The molecule has 3 nitrogen and oxygen atoms in total. The molecule has 1 atom stereocenters. The molecule has 1 saturated heterocycles. The summed E-state index contributed by atoms with van der Waals surface area (Å²) in [5.41, 5.74) is 5.98. The van der Waals surface area contributed by atoms with Crippen LogP contribution in [0.15, 0.2) is 30.3 Å². The van der Waals surface area contributed by atoms with Crippen molar-refractivity contribution in [3.63, 3.8) is 0 Å². The number of amides is 1. The molecule has 0 aliphatic carbocycles. The number of carbonyl (C=O) groups excluding carboxylic acids is 1. The zero-order chi connectivity index (χ0) is 14.4. The third-order valence-corrected chi connectivity index (χ3v) is 6.41. The molecule has 3 aromatic rings. The highest BCUT2D eigenvalue weighted by atomic mass is 32.1. The summed E-state index contributed by atoms with van der Waals surface area (Å²) in [6.07, 6.45) is 2.03. The van der Waals surface area contributed by atoms with Crippen molar-refractivity contribution >= 4 is 48.1 Å². The highest BCUT2D eigenvalue weighted by molar-refractivity contribution is 7.33. The van der Waals surface area contributed by atoms with Crippen LogP contribution in [0.1, 0.15) is 22.5 Å². The number of carbonyl (C=O) groups is 1. The first kappa shape index (κ1) is 13.2. The fraction of sp³-hybridized carbons (Fsp3) is 0.312. The Bertz CT molecular complexity index is 820. The number of thiophene rings is 2. The molecule has 4 rings (SSSR count). The van der Waals surface area contributed by atoms with Gasteiger partial charge in [0.25, 0.3) is 5.91 Å². The summed E-state index contributed by atoms with van der Waals surface area (Å²) < 4.78 is 3.74. The maximum absolute atomic E-state index is 12.6. The van der Waals surface area contributed by atoms with Gasteiger partial charge in [-0.15, -0.1) is 22.7 Å². The standard InChI is InChI=1S/C16H16N2OS2/c17-10-4-3-7-18(9-10)16(19)14-8-13-15(21-14)11-5-1-2-6-12(11)20-13/h1-2,5-6,8,10H,3-4,7,9,17H2. The zero-order valence-corrected chi connectivity index (χ0v) is 13.2. The molecular formula is C16H16N2OS2. The summed E-state index contributed by atoms with van der Waals surface area (Å²) in [6, 6.07) is 10.6. The first-order valence-corrected chi connectivity index (χ1v) is 8.81. The van der Waals surface area contributed by atoms with Crippen molar-refractivity contribution in [3.8, 4) is 0 Å². The number of piperidine rings is 1. The normalized spacial score (nSPS) is 19.5. The number of hydrogen-bond donors (Lipinski definition) is 1. The molecule has 108 valence electrons. The Labute approximate surface area is 131 Å². The lowest BCUT2D eigenvalue weighted by atomic mass is 10.1. The fourth-order valence-corrected chi connectivity index (χ4v) is 5.45. The molecule has 0 radical (unpaired) electrons. The van der Waals surface area contributed by atoms with Gasteiger partial charge in [0.15, 0.2) is 0 Å². The van der Waals surface area contributed by atoms with Gasteiger partial charge in [-0.2, -0.15) is 0 Å². The van der Waals surface area contributed by atoms with E-state index in [1.165, 1.54) is 19.5 Å². The van der Waals surface area contributed by atoms with Crippen LogP contribution in [0, 0.1) is 0 Å². The highest BCUT2D eigenvalue weighted by Crippen LogP contribution is 2.39. The molecule has 1 fully saturated rings. The molecule has 1 amide bonds. The van der Waals surface area contributed by atoms with E-state index >= 15 is 0 Å². The summed E-state index contributed by atoms with van der Waals surface area (Å²) in [4.78, 5) is 15.4. The lowest BCUT2D eigenvalue weighted by Gasteiger charge is -2.30. The first-order chi connectivity index (χ1) is 10.2. The van der Waals surface area contributed by atoms with Crippen molar-refractivity contribution in [2.75, 3.05) is 13.1 Å². The average molecular weight is 316 g/mol. The molecular weight excluding hydrogens is 300 g/mol. The molecule has 1 aromatic carbocycles. The lowest BCUT2D eigenvalue weighted by molar-refractivity contribution is 0.0714. The van der Waals surface area contributed by atoms with Crippen LogP contribution in [-0.2, 0) is 0 Å².